The highest BCUT2D eigenvalue weighted by Gasteiger charge is 2.20. The molecule has 0 aliphatic heterocycles. The Morgan fingerprint density at radius 1 is 1.07 bits per heavy atom. The molecule has 2 N–H and O–H groups in total. The lowest BCUT2D eigenvalue weighted by Crippen LogP contribution is -2.25. The fraction of sp³-hybridized carbons (Fsp3) is 0.200. The van der Waals surface area contributed by atoms with Gasteiger partial charge in [-0.1, -0.05) is 19.1 Å². The molecule has 2 aromatic heterocycles. The van der Waals surface area contributed by atoms with Crippen molar-refractivity contribution in [2.45, 2.75) is 18.4 Å². The first-order chi connectivity index (χ1) is 13.9. The molecule has 150 valence electrons. The van der Waals surface area contributed by atoms with Crippen LogP contribution in [0.1, 0.15) is 23.0 Å². The first kappa shape index (κ1) is 20.4. The van der Waals surface area contributed by atoms with Gasteiger partial charge < -0.3 is 10.6 Å². The number of sulfone groups is 1. The molecule has 0 aliphatic carbocycles. The third-order valence-electron chi connectivity index (χ3n) is 4.25. The van der Waals surface area contributed by atoms with Crippen LogP contribution >= 0.6 is 0 Å². The Bertz CT molecular complexity index is 1120. The third-order valence-corrected chi connectivity index (χ3v) is 6.04. The van der Waals surface area contributed by atoms with Crippen molar-refractivity contribution < 1.29 is 13.2 Å². The van der Waals surface area contributed by atoms with Gasteiger partial charge in [0.05, 0.1) is 28.5 Å². The van der Waals surface area contributed by atoms with E-state index < -0.39 is 15.7 Å². The SMILES string of the molecule is CCS(=O)(=O)c1ccccc1C(=O)NCc1cc(NC)nc(-c2ccncc2)n1. The number of carbonyl (C=O) groups excluding carboxylic acids is 1. The summed E-state index contributed by atoms with van der Waals surface area (Å²) in [6, 6.07) is 11.5. The van der Waals surface area contributed by atoms with E-state index in [2.05, 4.69) is 25.6 Å². The number of nitrogens with zero attached hydrogens (tertiary/aromatic N) is 3. The molecule has 29 heavy (non-hydrogen) atoms. The molecule has 0 atom stereocenters. The number of hydrogen-bond donors (Lipinski definition) is 2. The highest BCUT2D eigenvalue weighted by molar-refractivity contribution is 7.91. The molecule has 3 aromatic rings. The van der Waals surface area contributed by atoms with Gasteiger partial charge in [-0.2, -0.15) is 0 Å². The van der Waals surface area contributed by atoms with Gasteiger partial charge in [0.2, 0.25) is 0 Å². The minimum Gasteiger partial charge on any atom is -0.373 e. The maximum atomic E-state index is 12.7. The van der Waals surface area contributed by atoms with Crippen molar-refractivity contribution in [3.05, 3.63) is 66.1 Å². The maximum Gasteiger partial charge on any atom is 0.252 e. The minimum absolute atomic E-state index is 0.0241. The van der Waals surface area contributed by atoms with Crippen molar-refractivity contribution >= 4 is 21.6 Å². The second-order valence-corrected chi connectivity index (χ2v) is 8.38. The summed E-state index contributed by atoms with van der Waals surface area (Å²) in [5.41, 5.74) is 1.50. The van der Waals surface area contributed by atoms with Gasteiger partial charge >= 0.3 is 0 Å². The molecule has 0 spiro atoms. The quantitative estimate of drug-likeness (QED) is 0.613. The Kier molecular flexibility index (Phi) is 6.18. The van der Waals surface area contributed by atoms with Gasteiger partial charge in [0.25, 0.3) is 5.91 Å². The number of amides is 1. The van der Waals surface area contributed by atoms with Gasteiger partial charge in [-0.15, -0.1) is 0 Å². The zero-order valence-electron chi connectivity index (χ0n) is 16.1. The minimum atomic E-state index is -3.51. The summed E-state index contributed by atoms with van der Waals surface area (Å²) >= 11 is 0. The van der Waals surface area contributed by atoms with E-state index in [0.29, 0.717) is 17.3 Å². The summed E-state index contributed by atoms with van der Waals surface area (Å²) in [6.07, 6.45) is 3.30. The topological polar surface area (TPSA) is 114 Å². The lowest BCUT2D eigenvalue weighted by atomic mass is 10.2. The lowest BCUT2D eigenvalue weighted by Gasteiger charge is -2.11. The number of pyridine rings is 1. The summed E-state index contributed by atoms with van der Waals surface area (Å²) in [6.45, 7) is 1.67. The number of aromatic nitrogens is 3. The van der Waals surface area contributed by atoms with E-state index in [-0.39, 0.29) is 22.8 Å². The van der Waals surface area contributed by atoms with Crippen LogP contribution in [0.4, 0.5) is 5.82 Å². The number of anilines is 1. The van der Waals surface area contributed by atoms with Crippen LogP contribution in [0.3, 0.4) is 0 Å². The van der Waals surface area contributed by atoms with Crippen molar-refractivity contribution in [1.29, 1.82) is 0 Å². The number of benzene rings is 1. The number of hydrogen-bond acceptors (Lipinski definition) is 7. The van der Waals surface area contributed by atoms with E-state index in [1.54, 1.807) is 56.7 Å². The average molecular weight is 411 g/mol. The van der Waals surface area contributed by atoms with Crippen LogP contribution in [0.2, 0.25) is 0 Å². The molecule has 0 aliphatic rings. The molecule has 0 bridgehead atoms. The molecule has 0 fully saturated rings. The van der Waals surface area contributed by atoms with E-state index in [9.17, 15) is 13.2 Å². The zero-order chi connectivity index (χ0) is 20.9. The molecule has 0 radical (unpaired) electrons. The zero-order valence-corrected chi connectivity index (χ0v) is 16.9. The normalized spacial score (nSPS) is 11.1. The van der Waals surface area contributed by atoms with Gasteiger partial charge in [-0.05, 0) is 24.3 Å². The van der Waals surface area contributed by atoms with Crippen molar-refractivity contribution in [3.63, 3.8) is 0 Å². The number of nitrogens with one attached hydrogen (secondary N) is 2. The van der Waals surface area contributed by atoms with Crippen molar-refractivity contribution in [2.75, 3.05) is 18.1 Å². The first-order valence-corrected chi connectivity index (χ1v) is 10.7. The van der Waals surface area contributed by atoms with Crippen LogP contribution in [-0.4, -0.2) is 42.1 Å². The molecule has 3 rings (SSSR count). The summed E-state index contributed by atoms with van der Waals surface area (Å²) in [4.78, 5) is 25.6. The molecule has 9 heteroatoms. The smallest absolute Gasteiger partial charge is 0.252 e. The monoisotopic (exact) mass is 411 g/mol. The van der Waals surface area contributed by atoms with Crippen molar-refractivity contribution in [2.24, 2.45) is 0 Å². The van der Waals surface area contributed by atoms with Crippen LogP contribution in [0.15, 0.2) is 59.8 Å². The standard InChI is InChI=1S/C20H21N5O3S/c1-3-29(27,28)17-7-5-4-6-16(17)20(26)23-13-15-12-18(21-2)25-19(24-15)14-8-10-22-11-9-14/h4-12H,3,13H2,1-2H3,(H,23,26)(H,21,24,25). The summed E-state index contributed by atoms with van der Waals surface area (Å²) < 4.78 is 24.5. The van der Waals surface area contributed by atoms with Gasteiger partial charge in [-0.3, -0.25) is 9.78 Å². The fourth-order valence-electron chi connectivity index (χ4n) is 2.69. The Morgan fingerprint density at radius 3 is 2.48 bits per heavy atom. The Morgan fingerprint density at radius 2 is 1.79 bits per heavy atom. The predicted molar refractivity (Wildman–Crippen MR) is 110 cm³/mol. The molecular weight excluding hydrogens is 390 g/mol. The number of rotatable bonds is 7. The van der Waals surface area contributed by atoms with E-state index in [1.165, 1.54) is 12.1 Å². The highest BCUT2D eigenvalue weighted by Crippen LogP contribution is 2.19. The largest absolute Gasteiger partial charge is 0.373 e. The molecule has 0 saturated carbocycles. The first-order valence-electron chi connectivity index (χ1n) is 9.00. The molecule has 0 saturated heterocycles. The average Bonchev–Trinajstić information content (AvgIpc) is 2.77. The lowest BCUT2D eigenvalue weighted by molar-refractivity contribution is 0.0947. The predicted octanol–water partition coefficient (Wildman–Crippen LogP) is 2.30. The Hall–Kier alpha value is -3.33. The van der Waals surface area contributed by atoms with Crippen molar-refractivity contribution in [3.8, 4) is 11.4 Å². The maximum absolute atomic E-state index is 12.7. The van der Waals surface area contributed by atoms with Gasteiger partial charge in [0.15, 0.2) is 15.7 Å². The highest BCUT2D eigenvalue weighted by atomic mass is 32.2. The number of carbonyl (C=O) groups is 1. The molecule has 1 aromatic carbocycles. The van der Waals surface area contributed by atoms with Gasteiger partial charge in [0.1, 0.15) is 5.82 Å². The molecule has 8 nitrogen and oxygen atoms in total. The van der Waals surface area contributed by atoms with Crippen LogP contribution in [0, 0.1) is 0 Å². The van der Waals surface area contributed by atoms with Gasteiger partial charge in [-0.25, -0.2) is 18.4 Å². The summed E-state index contributed by atoms with van der Waals surface area (Å²) in [5.74, 6) is 0.541. The van der Waals surface area contributed by atoms with Crippen LogP contribution in [0.5, 0.6) is 0 Å². The van der Waals surface area contributed by atoms with E-state index >= 15 is 0 Å². The van der Waals surface area contributed by atoms with Crippen LogP contribution < -0.4 is 10.6 Å². The Labute approximate surface area is 169 Å². The molecule has 0 unspecified atom stereocenters. The van der Waals surface area contributed by atoms with Crippen LogP contribution in [0.25, 0.3) is 11.4 Å². The van der Waals surface area contributed by atoms with E-state index in [4.69, 9.17) is 0 Å². The third kappa shape index (κ3) is 4.75. The summed E-state index contributed by atoms with van der Waals surface area (Å²) in [5, 5.41) is 5.72. The molecule has 1 amide bonds. The molecular formula is C20H21N5O3S. The second-order valence-electron chi connectivity index (χ2n) is 6.14. The second kappa shape index (κ2) is 8.78. The van der Waals surface area contributed by atoms with Gasteiger partial charge in [0, 0.05) is 31.1 Å². The molecule has 2 heterocycles. The van der Waals surface area contributed by atoms with Crippen LogP contribution in [-0.2, 0) is 16.4 Å². The van der Waals surface area contributed by atoms with E-state index in [0.717, 1.165) is 5.56 Å². The van der Waals surface area contributed by atoms with Crippen molar-refractivity contribution in [1.82, 2.24) is 20.3 Å². The fourth-order valence-corrected chi connectivity index (χ4v) is 3.79. The Balaban J connectivity index is 1.85. The summed E-state index contributed by atoms with van der Waals surface area (Å²) in [7, 11) is -1.77. The van der Waals surface area contributed by atoms with E-state index in [1.807, 2.05) is 0 Å².